The minimum Gasteiger partial charge on any atom is -0.497 e. The van der Waals surface area contributed by atoms with E-state index in [9.17, 15) is 4.79 Å². The van der Waals surface area contributed by atoms with Crippen molar-refractivity contribution in [1.29, 1.82) is 0 Å². The third kappa shape index (κ3) is 3.52. The summed E-state index contributed by atoms with van der Waals surface area (Å²) in [6.07, 6.45) is 8.03. The van der Waals surface area contributed by atoms with Gasteiger partial charge in [-0.3, -0.25) is 4.79 Å². The lowest BCUT2D eigenvalue weighted by Crippen LogP contribution is -2.40. The molecule has 4 rings (SSSR count). The highest BCUT2D eigenvalue weighted by Gasteiger charge is 2.32. The number of hydrogen-bond acceptors (Lipinski definition) is 3. The van der Waals surface area contributed by atoms with E-state index in [0.29, 0.717) is 12.3 Å². The fraction of sp³-hybridized carbons (Fsp3) is 0.500. The van der Waals surface area contributed by atoms with E-state index in [-0.39, 0.29) is 6.04 Å². The maximum atomic E-state index is 13.1. The quantitative estimate of drug-likeness (QED) is 0.725. The van der Waals surface area contributed by atoms with Gasteiger partial charge in [0.05, 0.1) is 13.2 Å². The Balaban J connectivity index is 1.56. The Bertz CT molecular complexity index is 746. The molecule has 1 fully saturated rings. The molecule has 3 nitrogen and oxygen atoms in total. The molecule has 4 heteroatoms. The second kappa shape index (κ2) is 7.83. The largest absolute Gasteiger partial charge is 0.497 e. The van der Waals surface area contributed by atoms with Crippen LogP contribution in [0.3, 0.4) is 0 Å². The first-order valence-corrected chi connectivity index (χ1v) is 10.6. The minimum atomic E-state index is 0.0481. The molecule has 1 amide bonds. The van der Waals surface area contributed by atoms with E-state index < -0.39 is 0 Å². The number of carbonyl (C=O) groups is 1. The lowest BCUT2D eigenvalue weighted by molar-refractivity contribution is -0.133. The molecule has 138 valence electrons. The van der Waals surface area contributed by atoms with Gasteiger partial charge in [-0.15, -0.1) is 11.3 Å². The molecule has 1 aromatic heterocycles. The number of fused-ring (bicyclic) bond motifs is 1. The van der Waals surface area contributed by atoms with Gasteiger partial charge in [0.1, 0.15) is 5.75 Å². The van der Waals surface area contributed by atoms with E-state index in [4.69, 9.17) is 4.74 Å². The highest BCUT2D eigenvalue weighted by molar-refractivity contribution is 7.10. The van der Waals surface area contributed by atoms with E-state index in [1.54, 1.807) is 7.11 Å². The normalized spacial score (nSPS) is 20.2. The molecule has 2 heterocycles. The lowest BCUT2D eigenvalue weighted by Gasteiger charge is -2.36. The first-order valence-electron chi connectivity index (χ1n) is 9.76. The molecule has 1 saturated carbocycles. The number of rotatable bonds is 5. The zero-order chi connectivity index (χ0) is 17.9. The van der Waals surface area contributed by atoms with Gasteiger partial charge in [0.2, 0.25) is 5.91 Å². The average molecular weight is 370 g/mol. The molecule has 1 aromatic carbocycles. The molecule has 0 bridgehead atoms. The summed E-state index contributed by atoms with van der Waals surface area (Å²) in [7, 11) is 1.69. The zero-order valence-corrected chi connectivity index (χ0v) is 16.3. The summed E-state index contributed by atoms with van der Waals surface area (Å²) in [6.45, 7) is 0.827. The molecular weight excluding hydrogens is 342 g/mol. The molecule has 0 radical (unpaired) electrons. The van der Waals surface area contributed by atoms with Gasteiger partial charge in [-0.25, -0.2) is 0 Å². The van der Waals surface area contributed by atoms with Gasteiger partial charge in [0, 0.05) is 17.8 Å². The molecule has 2 aromatic rings. The standard InChI is InChI=1S/C22H27NO2S/c1-25-18-9-7-17(8-10-18)22-19-13-15-26-20(19)12-14-23(22)21(24)11-6-16-4-2-3-5-16/h7-10,13,15-16,22H,2-6,11-12,14H2,1H3/t22-/m1/s1. The number of ether oxygens (including phenoxy) is 1. The van der Waals surface area contributed by atoms with Gasteiger partial charge in [-0.2, -0.15) is 0 Å². The summed E-state index contributed by atoms with van der Waals surface area (Å²) in [5.41, 5.74) is 2.49. The SMILES string of the molecule is COc1ccc([C@@H]2c3ccsc3CCN2C(=O)CCC2CCCC2)cc1. The monoisotopic (exact) mass is 369 g/mol. The number of hydrogen-bond donors (Lipinski definition) is 0. The average Bonchev–Trinajstić information content (AvgIpc) is 3.37. The molecule has 0 spiro atoms. The number of thiophene rings is 1. The summed E-state index contributed by atoms with van der Waals surface area (Å²) in [5, 5.41) is 2.16. The van der Waals surface area contributed by atoms with Crippen LogP contribution in [-0.4, -0.2) is 24.5 Å². The molecule has 26 heavy (non-hydrogen) atoms. The molecular formula is C22H27NO2S. The topological polar surface area (TPSA) is 29.5 Å². The summed E-state index contributed by atoms with van der Waals surface area (Å²) < 4.78 is 5.30. The van der Waals surface area contributed by atoms with Crippen LogP contribution in [0.4, 0.5) is 0 Å². The Morgan fingerprint density at radius 3 is 2.69 bits per heavy atom. The van der Waals surface area contributed by atoms with Crippen molar-refractivity contribution in [2.45, 2.75) is 51.0 Å². The van der Waals surface area contributed by atoms with Crippen LogP contribution in [0.1, 0.15) is 60.6 Å². The Labute approximate surface area is 160 Å². The van der Waals surface area contributed by atoms with Crippen LogP contribution in [0, 0.1) is 5.92 Å². The maximum Gasteiger partial charge on any atom is 0.223 e. The summed E-state index contributed by atoms with van der Waals surface area (Å²) >= 11 is 1.82. The molecule has 1 atom stereocenters. The van der Waals surface area contributed by atoms with E-state index >= 15 is 0 Å². The van der Waals surface area contributed by atoms with Crippen LogP contribution in [0.25, 0.3) is 0 Å². The van der Waals surface area contributed by atoms with Crippen molar-refractivity contribution in [1.82, 2.24) is 4.90 Å². The molecule has 1 aliphatic carbocycles. The van der Waals surface area contributed by atoms with Crippen molar-refractivity contribution < 1.29 is 9.53 Å². The molecule has 0 unspecified atom stereocenters. The summed E-state index contributed by atoms with van der Waals surface area (Å²) in [6, 6.07) is 10.5. The van der Waals surface area contributed by atoms with Crippen molar-refractivity contribution in [3.05, 3.63) is 51.7 Å². The van der Waals surface area contributed by atoms with Crippen molar-refractivity contribution in [2.24, 2.45) is 5.92 Å². The van der Waals surface area contributed by atoms with E-state index in [1.165, 1.54) is 41.7 Å². The van der Waals surface area contributed by atoms with Crippen LogP contribution in [-0.2, 0) is 11.2 Å². The van der Waals surface area contributed by atoms with Crippen molar-refractivity contribution in [3.63, 3.8) is 0 Å². The number of benzene rings is 1. The molecule has 0 saturated heterocycles. The first-order chi connectivity index (χ1) is 12.8. The van der Waals surface area contributed by atoms with E-state index in [0.717, 1.165) is 31.1 Å². The van der Waals surface area contributed by atoms with Crippen molar-refractivity contribution in [3.8, 4) is 5.75 Å². The van der Waals surface area contributed by atoms with Crippen molar-refractivity contribution >= 4 is 17.2 Å². The number of nitrogens with zero attached hydrogens (tertiary/aromatic N) is 1. The van der Waals surface area contributed by atoms with Gasteiger partial charge in [-0.05, 0) is 53.5 Å². The first kappa shape index (κ1) is 17.6. The van der Waals surface area contributed by atoms with Crippen LogP contribution < -0.4 is 4.74 Å². The Morgan fingerprint density at radius 2 is 1.96 bits per heavy atom. The summed E-state index contributed by atoms with van der Waals surface area (Å²) in [4.78, 5) is 16.6. The highest BCUT2D eigenvalue weighted by Crippen LogP contribution is 2.39. The van der Waals surface area contributed by atoms with E-state index in [2.05, 4.69) is 28.5 Å². The number of amides is 1. The van der Waals surface area contributed by atoms with Crippen LogP contribution >= 0.6 is 11.3 Å². The zero-order valence-electron chi connectivity index (χ0n) is 15.4. The number of carbonyl (C=O) groups excluding carboxylic acids is 1. The molecule has 0 N–H and O–H groups in total. The van der Waals surface area contributed by atoms with Gasteiger partial charge >= 0.3 is 0 Å². The van der Waals surface area contributed by atoms with Crippen LogP contribution in [0.2, 0.25) is 0 Å². The second-order valence-corrected chi connectivity index (χ2v) is 8.50. The molecule has 2 aliphatic rings. The van der Waals surface area contributed by atoms with E-state index in [1.807, 2.05) is 23.5 Å². The minimum absolute atomic E-state index is 0.0481. The third-order valence-electron chi connectivity index (χ3n) is 5.96. The van der Waals surface area contributed by atoms with Gasteiger partial charge in [0.25, 0.3) is 0 Å². The Morgan fingerprint density at radius 1 is 1.19 bits per heavy atom. The Kier molecular flexibility index (Phi) is 5.30. The van der Waals surface area contributed by atoms with Gasteiger partial charge in [0.15, 0.2) is 0 Å². The smallest absolute Gasteiger partial charge is 0.223 e. The van der Waals surface area contributed by atoms with Crippen LogP contribution in [0.15, 0.2) is 35.7 Å². The highest BCUT2D eigenvalue weighted by atomic mass is 32.1. The second-order valence-electron chi connectivity index (χ2n) is 7.50. The maximum absolute atomic E-state index is 13.1. The van der Waals surface area contributed by atoms with Gasteiger partial charge < -0.3 is 9.64 Å². The number of methoxy groups -OCH3 is 1. The fourth-order valence-electron chi connectivity index (χ4n) is 4.50. The lowest BCUT2D eigenvalue weighted by atomic mass is 9.92. The predicted octanol–water partition coefficient (Wildman–Crippen LogP) is 5.20. The predicted molar refractivity (Wildman–Crippen MR) is 106 cm³/mol. The van der Waals surface area contributed by atoms with Gasteiger partial charge in [-0.1, -0.05) is 37.8 Å². The third-order valence-corrected chi connectivity index (χ3v) is 6.96. The fourth-order valence-corrected chi connectivity index (χ4v) is 5.40. The Hall–Kier alpha value is -1.81. The summed E-state index contributed by atoms with van der Waals surface area (Å²) in [5.74, 6) is 1.93. The molecule has 1 aliphatic heterocycles. The van der Waals surface area contributed by atoms with Crippen LogP contribution in [0.5, 0.6) is 5.75 Å². The van der Waals surface area contributed by atoms with Crippen molar-refractivity contribution in [2.75, 3.05) is 13.7 Å².